The molecule has 0 aliphatic rings. The van der Waals surface area contributed by atoms with E-state index in [1.807, 2.05) is 56.5 Å². The fraction of sp³-hybridized carbons (Fsp3) is 0.250. The fourth-order valence-electron chi connectivity index (χ4n) is 3.44. The number of hydrogen-bond acceptors (Lipinski definition) is 4. The molecule has 0 atom stereocenters. The second-order valence-corrected chi connectivity index (χ2v) is 8.77. The standard InChI is InChI=1S/C24H22N2OS/c1-14-8-9-18-17-6-5-7-19(21(17)27-22(18)25-14)20-11-10-16-15(12-24(2,3)4)13-28-23(16)26-20/h5-11,13H,12H2,1-4H3/i1D3,12D2. The van der Waals surface area contributed by atoms with Crippen molar-refractivity contribution < 1.29 is 11.3 Å². The summed E-state index contributed by atoms with van der Waals surface area (Å²) in [6, 6.07) is 12.8. The number of hydrogen-bond donors (Lipinski definition) is 0. The third kappa shape index (κ3) is 2.89. The Balaban J connectivity index is 1.67. The van der Waals surface area contributed by atoms with Crippen molar-refractivity contribution in [3.8, 4) is 11.3 Å². The van der Waals surface area contributed by atoms with Gasteiger partial charge >= 0.3 is 0 Å². The first-order chi connectivity index (χ1) is 15.4. The average Bonchev–Trinajstić information content (AvgIpc) is 3.32. The second-order valence-electron chi connectivity index (χ2n) is 7.91. The normalized spacial score (nSPS) is 16.0. The molecule has 0 bridgehead atoms. The van der Waals surface area contributed by atoms with E-state index < -0.39 is 18.6 Å². The van der Waals surface area contributed by atoms with Crippen LogP contribution >= 0.6 is 11.3 Å². The quantitative estimate of drug-likeness (QED) is 0.320. The Morgan fingerprint density at radius 3 is 2.71 bits per heavy atom. The van der Waals surface area contributed by atoms with Crippen molar-refractivity contribution in [2.24, 2.45) is 5.41 Å². The number of rotatable bonds is 2. The van der Waals surface area contributed by atoms with E-state index in [-0.39, 0.29) is 11.4 Å². The van der Waals surface area contributed by atoms with Crippen LogP contribution in [0.3, 0.4) is 0 Å². The van der Waals surface area contributed by atoms with Crippen molar-refractivity contribution in [1.82, 2.24) is 9.97 Å². The average molecular weight is 392 g/mol. The summed E-state index contributed by atoms with van der Waals surface area (Å²) >= 11 is 1.42. The van der Waals surface area contributed by atoms with Crippen molar-refractivity contribution in [3.05, 3.63) is 59.1 Å². The van der Waals surface area contributed by atoms with Crippen LogP contribution < -0.4 is 0 Å². The number of nitrogens with zero attached hydrogens (tertiary/aromatic N) is 2. The number of aromatic nitrogens is 2. The van der Waals surface area contributed by atoms with E-state index in [2.05, 4.69) is 4.98 Å². The zero-order valence-corrected chi connectivity index (χ0v) is 16.6. The van der Waals surface area contributed by atoms with Gasteiger partial charge in [-0.2, -0.15) is 0 Å². The zero-order chi connectivity index (χ0) is 23.8. The first kappa shape index (κ1) is 12.7. The van der Waals surface area contributed by atoms with Gasteiger partial charge in [-0.25, -0.2) is 9.97 Å². The lowest BCUT2D eigenvalue weighted by molar-refractivity contribution is 0.413. The molecule has 0 aliphatic heterocycles. The Morgan fingerprint density at radius 2 is 1.89 bits per heavy atom. The van der Waals surface area contributed by atoms with Crippen molar-refractivity contribution in [2.75, 3.05) is 0 Å². The van der Waals surface area contributed by atoms with E-state index in [0.717, 1.165) is 26.6 Å². The summed E-state index contributed by atoms with van der Waals surface area (Å²) in [5.74, 6) is 0. The number of fused-ring (bicyclic) bond motifs is 4. The molecule has 0 saturated heterocycles. The molecule has 3 nitrogen and oxygen atoms in total. The Hall–Kier alpha value is -2.72. The number of furan rings is 1. The highest BCUT2D eigenvalue weighted by molar-refractivity contribution is 7.16. The van der Waals surface area contributed by atoms with Crippen molar-refractivity contribution in [1.29, 1.82) is 0 Å². The Labute approximate surface area is 175 Å². The highest BCUT2D eigenvalue weighted by Crippen LogP contribution is 2.36. The van der Waals surface area contributed by atoms with Gasteiger partial charge in [0.2, 0.25) is 5.71 Å². The Morgan fingerprint density at radius 1 is 1.04 bits per heavy atom. The monoisotopic (exact) mass is 391 g/mol. The predicted octanol–water partition coefficient (Wildman–Crippen LogP) is 7.15. The number of thiophene rings is 1. The van der Waals surface area contributed by atoms with E-state index in [1.54, 1.807) is 6.07 Å². The number of aryl methyl sites for hydroxylation is 1. The van der Waals surface area contributed by atoms with Crippen LogP contribution in [0.25, 0.3) is 43.5 Å². The van der Waals surface area contributed by atoms with Gasteiger partial charge in [0, 0.05) is 34.3 Å². The van der Waals surface area contributed by atoms with E-state index in [9.17, 15) is 0 Å². The summed E-state index contributed by atoms with van der Waals surface area (Å²) < 4.78 is 46.2. The number of benzene rings is 1. The molecule has 4 heterocycles. The number of pyridine rings is 2. The minimum atomic E-state index is -2.31. The van der Waals surface area contributed by atoms with Gasteiger partial charge in [0.1, 0.15) is 10.4 Å². The third-order valence-electron chi connectivity index (χ3n) is 4.59. The molecule has 0 aliphatic carbocycles. The maximum Gasteiger partial charge on any atom is 0.227 e. The van der Waals surface area contributed by atoms with Gasteiger partial charge in [-0.15, -0.1) is 11.3 Å². The van der Waals surface area contributed by atoms with Crippen LogP contribution in [-0.4, -0.2) is 9.97 Å². The molecule has 5 aromatic rings. The topological polar surface area (TPSA) is 38.9 Å². The lowest BCUT2D eigenvalue weighted by atomic mass is 9.88. The van der Waals surface area contributed by atoms with E-state index in [0.29, 0.717) is 16.8 Å². The van der Waals surface area contributed by atoms with Gasteiger partial charge in [-0.1, -0.05) is 32.9 Å². The predicted molar refractivity (Wildman–Crippen MR) is 118 cm³/mol. The van der Waals surface area contributed by atoms with Crippen LogP contribution in [-0.2, 0) is 6.37 Å². The summed E-state index contributed by atoms with van der Waals surface area (Å²) in [7, 11) is 0. The van der Waals surface area contributed by atoms with Gasteiger partial charge in [0.05, 0.1) is 5.69 Å². The highest BCUT2D eigenvalue weighted by Gasteiger charge is 2.17. The largest absolute Gasteiger partial charge is 0.437 e. The van der Waals surface area contributed by atoms with Crippen molar-refractivity contribution in [3.63, 3.8) is 0 Å². The van der Waals surface area contributed by atoms with Crippen LogP contribution in [0, 0.1) is 12.3 Å². The van der Waals surface area contributed by atoms with E-state index >= 15 is 0 Å². The van der Waals surface area contributed by atoms with Crippen LogP contribution in [0.2, 0.25) is 0 Å². The molecule has 140 valence electrons. The summed E-state index contributed by atoms with van der Waals surface area (Å²) in [5.41, 5.74) is 2.44. The Bertz CT molecular complexity index is 1530. The van der Waals surface area contributed by atoms with E-state index in [4.69, 9.17) is 16.3 Å². The zero-order valence-electron chi connectivity index (χ0n) is 20.8. The summed E-state index contributed by atoms with van der Waals surface area (Å²) in [4.78, 5) is 9.81. The maximum absolute atomic E-state index is 8.65. The smallest absolute Gasteiger partial charge is 0.227 e. The summed E-state index contributed by atoms with van der Waals surface area (Å²) in [6.07, 6.45) is -1.50. The lowest BCUT2D eigenvalue weighted by Gasteiger charge is -2.17. The molecule has 1 aromatic carbocycles. The molecule has 0 amide bonds. The van der Waals surface area contributed by atoms with Crippen molar-refractivity contribution >= 4 is 43.6 Å². The van der Waals surface area contributed by atoms with Gasteiger partial charge < -0.3 is 4.42 Å². The molecule has 0 spiro atoms. The highest BCUT2D eigenvalue weighted by atomic mass is 32.1. The van der Waals surface area contributed by atoms with Crippen LogP contribution in [0.5, 0.6) is 0 Å². The molecular formula is C24H22N2OS. The van der Waals surface area contributed by atoms with Crippen LogP contribution in [0.4, 0.5) is 0 Å². The SMILES string of the molecule is [2H]C([2H])([2H])c1ccc2c(n1)oc1c(-c3ccc4c(C([2H])([2H])C(C)(C)C)csc4n3)cccc12. The van der Waals surface area contributed by atoms with Gasteiger partial charge in [-0.3, -0.25) is 0 Å². The fourth-order valence-corrected chi connectivity index (χ4v) is 4.32. The molecular weight excluding hydrogens is 364 g/mol. The molecule has 0 unspecified atom stereocenters. The molecule has 4 heteroatoms. The lowest BCUT2D eigenvalue weighted by Crippen LogP contribution is -2.08. The minimum absolute atomic E-state index is 0.00520. The maximum atomic E-state index is 8.65. The molecule has 0 radical (unpaired) electrons. The Kier molecular flexibility index (Phi) is 2.78. The van der Waals surface area contributed by atoms with Gasteiger partial charge in [-0.05, 0) is 59.9 Å². The number of para-hydroxylation sites is 1. The molecule has 0 saturated carbocycles. The molecule has 28 heavy (non-hydrogen) atoms. The van der Waals surface area contributed by atoms with Crippen LogP contribution in [0.15, 0.2) is 52.3 Å². The first-order valence-electron chi connectivity index (χ1n) is 11.6. The molecule has 0 N–H and O–H groups in total. The first-order valence-corrected chi connectivity index (χ1v) is 9.98. The molecule has 5 rings (SSSR count). The third-order valence-corrected chi connectivity index (χ3v) is 5.48. The summed E-state index contributed by atoms with van der Waals surface area (Å²) in [6.45, 7) is 3.38. The second kappa shape index (κ2) is 6.14. The molecule has 0 fully saturated rings. The van der Waals surface area contributed by atoms with Crippen LogP contribution in [0.1, 0.15) is 38.9 Å². The van der Waals surface area contributed by atoms with Gasteiger partial charge in [0.15, 0.2) is 0 Å². The summed E-state index contributed by atoms with van der Waals surface area (Å²) in [5, 5.41) is 4.25. The molecule has 4 aromatic heterocycles. The van der Waals surface area contributed by atoms with Crippen molar-refractivity contribution in [2.45, 2.75) is 34.0 Å². The van der Waals surface area contributed by atoms with Gasteiger partial charge in [0.25, 0.3) is 0 Å². The van der Waals surface area contributed by atoms with E-state index in [1.165, 1.54) is 17.4 Å². The minimum Gasteiger partial charge on any atom is -0.437 e.